The highest BCUT2D eigenvalue weighted by atomic mass is 16.6. The Balaban J connectivity index is 1.91. The Labute approximate surface area is 96.1 Å². The number of hydrogen-bond acceptors (Lipinski definition) is 4. The first kappa shape index (κ1) is 11.7. The van der Waals surface area contributed by atoms with Gasteiger partial charge in [-0.05, 0) is 20.8 Å². The minimum absolute atomic E-state index is 0.248. The summed E-state index contributed by atoms with van der Waals surface area (Å²) in [5, 5.41) is 3.31. The summed E-state index contributed by atoms with van der Waals surface area (Å²) in [6.45, 7) is 8.50. The van der Waals surface area contributed by atoms with Crippen LogP contribution in [-0.2, 0) is 9.47 Å². The van der Waals surface area contributed by atoms with Gasteiger partial charge in [0.1, 0.15) is 11.3 Å². The zero-order valence-electron chi connectivity index (χ0n) is 10.2. The van der Waals surface area contributed by atoms with Gasteiger partial charge in [-0.2, -0.15) is 0 Å². The molecule has 1 N–H and O–H groups in total. The Morgan fingerprint density at radius 1 is 1.50 bits per heavy atom. The van der Waals surface area contributed by atoms with Crippen molar-refractivity contribution in [2.75, 3.05) is 26.2 Å². The van der Waals surface area contributed by atoms with Crippen LogP contribution in [0.25, 0.3) is 0 Å². The number of nitrogens with one attached hydrogen (secondary N) is 1. The predicted molar refractivity (Wildman–Crippen MR) is 59.1 cm³/mol. The lowest BCUT2D eigenvalue weighted by Gasteiger charge is -2.26. The van der Waals surface area contributed by atoms with Gasteiger partial charge in [-0.3, -0.25) is 5.32 Å². The van der Waals surface area contributed by atoms with Crippen LogP contribution in [0.2, 0.25) is 0 Å². The average molecular weight is 228 g/mol. The van der Waals surface area contributed by atoms with Crippen LogP contribution in [0.1, 0.15) is 27.2 Å². The van der Waals surface area contributed by atoms with Crippen molar-refractivity contribution in [3.63, 3.8) is 0 Å². The molecule has 92 valence electrons. The molecule has 2 fully saturated rings. The molecule has 1 unspecified atom stereocenters. The van der Waals surface area contributed by atoms with Gasteiger partial charge >= 0.3 is 6.09 Å². The highest BCUT2D eigenvalue weighted by molar-refractivity contribution is 5.68. The molecule has 2 saturated heterocycles. The lowest BCUT2D eigenvalue weighted by atomic mass is 10.2. The van der Waals surface area contributed by atoms with Crippen molar-refractivity contribution in [2.45, 2.75) is 38.5 Å². The van der Waals surface area contributed by atoms with Crippen molar-refractivity contribution in [2.24, 2.45) is 0 Å². The van der Waals surface area contributed by atoms with E-state index in [4.69, 9.17) is 9.47 Å². The normalized spacial score (nSPS) is 30.1. The fraction of sp³-hybridized carbons (Fsp3) is 0.909. The van der Waals surface area contributed by atoms with E-state index in [1.165, 1.54) is 0 Å². The van der Waals surface area contributed by atoms with Gasteiger partial charge in [-0.15, -0.1) is 0 Å². The van der Waals surface area contributed by atoms with Crippen molar-refractivity contribution in [3.05, 3.63) is 0 Å². The fourth-order valence-electron chi connectivity index (χ4n) is 2.10. The van der Waals surface area contributed by atoms with Gasteiger partial charge in [0, 0.05) is 19.5 Å². The molecule has 0 aliphatic carbocycles. The largest absolute Gasteiger partial charge is 0.444 e. The molecule has 5 heteroatoms. The van der Waals surface area contributed by atoms with Crippen molar-refractivity contribution < 1.29 is 14.3 Å². The molecule has 0 aromatic heterocycles. The molecule has 5 nitrogen and oxygen atoms in total. The van der Waals surface area contributed by atoms with E-state index in [1.807, 2.05) is 20.8 Å². The number of rotatable bonds is 0. The van der Waals surface area contributed by atoms with E-state index >= 15 is 0 Å². The summed E-state index contributed by atoms with van der Waals surface area (Å²) < 4.78 is 11.0. The molecule has 2 rings (SSSR count). The maximum Gasteiger partial charge on any atom is 0.410 e. The molecule has 2 heterocycles. The second kappa shape index (κ2) is 3.89. The molecule has 0 aromatic rings. The van der Waals surface area contributed by atoms with Crippen LogP contribution in [0.15, 0.2) is 0 Å². The molecule has 16 heavy (non-hydrogen) atoms. The fourth-order valence-corrected chi connectivity index (χ4v) is 2.10. The Hall–Kier alpha value is -0.810. The minimum Gasteiger partial charge on any atom is -0.444 e. The lowest BCUT2D eigenvalue weighted by molar-refractivity contribution is -0.00907. The van der Waals surface area contributed by atoms with Gasteiger partial charge in [0.05, 0.1) is 13.2 Å². The van der Waals surface area contributed by atoms with Gasteiger partial charge in [0.25, 0.3) is 0 Å². The molecule has 0 saturated carbocycles. The molecule has 1 spiro atoms. The van der Waals surface area contributed by atoms with Crippen LogP contribution >= 0.6 is 0 Å². The number of likely N-dealkylation sites (tertiary alicyclic amines) is 1. The van der Waals surface area contributed by atoms with E-state index in [2.05, 4.69) is 5.32 Å². The standard InChI is InChI=1S/C11H20N2O3/c1-10(2,3)16-9(14)13-6-4-11(8-13)12-5-7-15-11/h12H,4-8H2,1-3H3. The van der Waals surface area contributed by atoms with Crippen molar-refractivity contribution in [1.82, 2.24) is 10.2 Å². The van der Waals surface area contributed by atoms with E-state index in [0.717, 1.165) is 19.6 Å². The monoisotopic (exact) mass is 228 g/mol. The van der Waals surface area contributed by atoms with Gasteiger partial charge in [0.15, 0.2) is 0 Å². The molecule has 2 aliphatic heterocycles. The van der Waals surface area contributed by atoms with Gasteiger partial charge < -0.3 is 14.4 Å². The first-order valence-electron chi connectivity index (χ1n) is 5.77. The molecular formula is C11H20N2O3. The highest BCUT2D eigenvalue weighted by Gasteiger charge is 2.44. The van der Waals surface area contributed by atoms with Crippen LogP contribution in [0, 0.1) is 0 Å². The maximum atomic E-state index is 11.8. The van der Waals surface area contributed by atoms with Gasteiger partial charge in [-0.1, -0.05) is 0 Å². The lowest BCUT2D eigenvalue weighted by Crippen LogP contribution is -2.45. The summed E-state index contributed by atoms with van der Waals surface area (Å²) in [4.78, 5) is 13.5. The number of hydrogen-bond donors (Lipinski definition) is 1. The topological polar surface area (TPSA) is 50.8 Å². The average Bonchev–Trinajstić information content (AvgIpc) is 2.74. The number of nitrogens with zero attached hydrogens (tertiary/aromatic N) is 1. The van der Waals surface area contributed by atoms with Crippen LogP contribution < -0.4 is 5.32 Å². The SMILES string of the molecule is CC(C)(C)OC(=O)N1CCC2(C1)NCCO2. The molecule has 1 atom stereocenters. The van der Waals surface area contributed by atoms with Crippen LogP contribution in [0.4, 0.5) is 4.79 Å². The summed E-state index contributed by atoms with van der Waals surface area (Å²) >= 11 is 0. The van der Waals surface area contributed by atoms with E-state index in [9.17, 15) is 4.79 Å². The van der Waals surface area contributed by atoms with Crippen molar-refractivity contribution in [1.29, 1.82) is 0 Å². The predicted octanol–water partition coefficient (Wildman–Crippen LogP) is 0.943. The van der Waals surface area contributed by atoms with Crippen LogP contribution in [-0.4, -0.2) is 48.6 Å². The van der Waals surface area contributed by atoms with Gasteiger partial charge in [-0.25, -0.2) is 4.79 Å². The van der Waals surface area contributed by atoms with E-state index in [-0.39, 0.29) is 11.8 Å². The molecule has 0 radical (unpaired) electrons. The Morgan fingerprint density at radius 2 is 2.25 bits per heavy atom. The maximum absolute atomic E-state index is 11.8. The number of ether oxygens (including phenoxy) is 2. The smallest absolute Gasteiger partial charge is 0.410 e. The van der Waals surface area contributed by atoms with E-state index in [1.54, 1.807) is 4.90 Å². The quantitative estimate of drug-likeness (QED) is 0.670. The van der Waals surface area contributed by atoms with E-state index in [0.29, 0.717) is 13.1 Å². The molecule has 2 aliphatic rings. The third kappa shape index (κ3) is 2.47. The first-order chi connectivity index (χ1) is 7.40. The summed E-state index contributed by atoms with van der Waals surface area (Å²) in [5.41, 5.74) is -0.742. The summed E-state index contributed by atoms with van der Waals surface area (Å²) in [6.07, 6.45) is 0.591. The Bertz CT molecular complexity index is 279. The van der Waals surface area contributed by atoms with E-state index < -0.39 is 5.60 Å². The zero-order valence-corrected chi connectivity index (χ0v) is 10.2. The number of carbonyl (C=O) groups excluding carboxylic acids is 1. The highest BCUT2D eigenvalue weighted by Crippen LogP contribution is 2.26. The Morgan fingerprint density at radius 3 is 2.81 bits per heavy atom. The second-order valence-corrected chi connectivity index (χ2v) is 5.42. The Kier molecular flexibility index (Phi) is 2.84. The van der Waals surface area contributed by atoms with Crippen molar-refractivity contribution >= 4 is 6.09 Å². The molecular weight excluding hydrogens is 208 g/mol. The summed E-state index contributed by atoms with van der Waals surface area (Å²) in [7, 11) is 0. The second-order valence-electron chi connectivity index (χ2n) is 5.42. The number of carbonyl (C=O) groups is 1. The van der Waals surface area contributed by atoms with Crippen LogP contribution in [0.3, 0.4) is 0 Å². The van der Waals surface area contributed by atoms with Gasteiger partial charge in [0.2, 0.25) is 0 Å². The van der Waals surface area contributed by atoms with Crippen LogP contribution in [0.5, 0.6) is 0 Å². The third-order valence-corrected chi connectivity index (χ3v) is 2.81. The minimum atomic E-state index is -0.434. The van der Waals surface area contributed by atoms with Crippen molar-refractivity contribution in [3.8, 4) is 0 Å². The number of amides is 1. The summed E-state index contributed by atoms with van der Waals surface area (Å²) in [6, 6.07) is 0. The molecule has 0 aromatic carbocycles. The summed E-state index contributed by atoms with van der Waals surface area (Å²) in [5.74, 6) is 0. The molecule has 0 bridgehead atoms. The molecule has 1 amide bonds. The first-order valence-corrected chi connectivity index (χ1v) is 5.77. The third-order valence-electron chi connectivity index (χ3n) is 2.81. The zero-order chi connectivity index (χ0) is 11.8.